The lowest BCUT2D eigenvalue weighted by Gasteiger charge is -2.22. The molecule has 0 aliphatic heterocycles. The lowest BCUT2D eigenvalue weighted by molar-refractivity contribution is -0.145. The van der Waals surface area contributed by atoms with Crippen LogP contribution in [0.5, 0.6) is 0 Å². The number of nitrogens with one attached hydrogen (secondary N) is 1. The summed E-state index contributed by atoms with van der Waals surface area (Å²) in [6.07, 6.45) is -0.396. The number of rotatable bonds is 7. The lowest BCUT2D eigenvalue weighted by atomic mass is 10.1. The Morgan fingerprint density at radius 2 is 1.62 bits per heavy atom. The Morgan fingerprint density at radius 1 is 0.962 bits per heavy atom. The van der Waals surface area contributed by atoms with Crippen LogP contribution in [0.2, 0.25) is 0 Å². The maximum Gasteiger partial charge on any atom is 0.315 e. The van der Waals surface area contributed by atoms with Crippen LogP contribution in [-0.4, -0.2) is 30.9 Å². The van der Waals surface area contributed by atoms with Gasteiger partial charge in [0.15, 0.2) is 0 Å². The minimum absolute atomic E-state index is 0.212. The molecule has 2 amide bonds. The molecule has 2 rings (SSSR count). The first-order valence-electron chi connectivity index (χ1n) is 8.48. The van der Waals surface area contributed by atoms with Crippen molar-refractivity contribution in [3.8, 4) is 0 Å². The number of hydrogen-bond donors (Lipinski definition) is 1. The van der Waals surface area contributed by atoms with Gasteiger partial charge in [-0.15, -0.1) is 0 Å². The van der Waals surface area contributed by atoms with E-state index in [0.717, 1.165) is 5.69 Å². The van der Waals surface area contributed by atoms with E-state index in [9.17, 15) is 14.4 Å². The summed E-state index contributed by atoms with van der Waals surface area (Å²) >= 11 is 0. The quantitative estimate of drug-likeness (QED) is 0.612. The van der Waals surface area contributed by atoms with Gasteiger partial charge in [0, 0.05) is 12.2 Å². The zero-order chi connectivity index (χ0) is 18.9. The molecule has 0 saturated carbocycles. The van der Waals surface area contributed by atoms with Crippen LogP contribution in [0.4, 0.5) is 11.4 Å². The number of esters is 1. The fraction of sp³-hybridized carbons (Fsp3) is 0.250. The van der Waals surface area contributed by atoms with Crippen LogP contribution in [0, 0.1) is 0 Å². The molecule has 0 bridgehead atoms. The van der Waals surface area contributed by atoms with Gasteiger partial charge in [-0.3, -0.25) is 14.4 Å². The maximum absolute atomic E-state index is 13.0. The molecule has 0 saturated heterocycles. The number of carbonyl (C=O) groups is 3. The molecule has 0 aliphatic rings. The van der Waals surface area contributed by atoms with Crippen molar-refractivity contribution in [1.82, 2.24) is 0 Å². The molecule has 6 nitrogen and oxygen atoms in total. The van der Waals surface area contributed by atoms with Crippen LogP contribution >= 0.6 is 0 Å². The summed E-state index contributed by atoms with van der Waals surface area (Å²) in [6, 6.07) is 16.0. The Kier molecular flexibility index (Phi) is 6.91. The summed E-state index contributed by atoms with van der Waals surface area (Å²) in [5.41, 5.74) is 1.49. The van der Waals surface area contributed by atoms with E-state index in [-0.39, 0.29) is 12.5 Å². The highest BCUT2D eigenvalue weighted by molar-refractivity contribution is 6.12. The number of ether oxygens (including phenoxy) is 1. The van der Waals surface area contributed by atoms with Gasteiger partial charge in [0.2, 0.25) is 5.91 Å². The van der Waals surface area contributed by atoms with Crippen LogP contribution in [0.25, 0.3) is 0 Å². The molecule has 0 radical (unpaired) electrons. The highest BCUT2D eigenvalue weighted by atomic mass is 16.5. The molecule has 0 unspecified atom stereocenters. The van der Waals surface area contributed by atoms with Gasteiger partial charge in [0.05, 0.1) is 17.9 Å². The highest BCUT2D eigenvalue weighted by Crippen LogP contribution is 2.22. The van der Waals surface area contributed by atoms with Crippen LogP contribution in [0.15, 0.2) is 54.6 Å². The van der Waals surface area contributed by atoms with Crippen molar-refractivity contribution in [2.75, 3.05) is 23.4 Å². The van der Waals surface area contributed by atoms with Gasteiger partial charge in [-0.05, 0) is 38.1 Å². The normalized spacial score (nSPS) is 10.1. The average Bonchev–Trinajstić information content (AvgIpc) is 2.63. The second-order valence-corrected chi connectivity index (χ2v) is 5.46. The largest absolute Gasteiger partial charge is 0.466 e. The Hall–Kier alpha value is -3.15. The van der Waals surface area contributed by atoms with E-state index < -0.39 is 18.3 Å². The minimum Gasteiger partial charge on any atom is -0.466 e. The molecule has 2 aromatic carbocycles. The summed E-state index contributed by atoms with van der Waals surface area (Å²) in [6.45, 7) is 4.25. The molecule has 0 fully saturated rings. The molecule has 26 heavy (non-hydrogen) atoms. The third kappa shape index (κ3) is 4.92. The van der Waals surface area contributed by atoms with E-state index in [2.05, 4.69) is 5.32 Å². The fourth-order valence-electron chi connectivity index (χ4n) is 2.51. The molecule has 0 atom stereocenters. The molecule has 1 N–H and O–H groups in total. The van der Waals surface area contributed by atoms with E-state index in [1.54, 1.807) is 36.1 Å². The van der Waals surface area contributed by atoms with Gasteiger partial charge in [-0.1, -0.05) is 30.3 Å². The Balaban J connectivity index is 2.21. The lowest BCUT2D eigenvalue weighted by Crippen LogP contribution is -2.31. The van der Waals surface area contributed by atoms with Crippen molar-refractivity contribution >= 4 is 29.2 Å². The van der Waals surface area contributed by atoms with E-state index in [0.29, 0.717) is 17.8 Å². The van der Waals surface area contributed by atoms with E-state index in [1.807, 2.05) is 37.3 Å². The first-order valence-corrected chi connectivity index (χ1v) is 8.48. The third-order valence-corrected chi connectivity index (χ3v) is 3.67. The first kappa shape index (κ1) is 19.2. The summed E-state index contributed by atoms with van der Waals surface area (Å²) < 4.78 is 4.77. The summed E-state index contributed by atoms with van der Waals surface area (Å²) in [7, 11) is 0. The van der Waals surface area contributed by atoms with Crippen LogP contribution < -0.4 is 10.2 Å². The van der Waals surface area contributed by atoms with Crippen molar-refractivity contribution in [3.05, 3.63) is 60.2 Å². The third-order valence-electron chi connectivity index (χ3n) is 3.67. The number of anilines is 2. The number of carbonyl (C=O) groups excluding carboxylic acids is 3. The van der Waals surface area contributed by atoms with Crippen molar-refractivity contribution < 1.29 is 19.1 Å². The van der Waals surface area contributed by atoms with Crippen molar-refractivity contribution in [1.29, 1.82) is 0 Å². The van der Waals surface area contributed by atoms with Crippen molar-refractivity contribution in [2.45, 2.75) is 20.3 Å². The van der Waals surface area contributed by atoms with Crippen LogP contribution in [0.3, 0.4) is 0 Å². The molecule has 0 spiro atoms. The summed E-state index contributed by atoms with van der Waals surface area (Å²) in [4.78, 5) is 38.1. The highest BCUT2D eigenvalue weighted by Gasteiger charge is 2.20. The van der Waals surface area contributed by atoms with Crippen molar-refractivity contribution in [2.24, 2.45) is 0 Å². The molecular formula is C20H22N2O4. The monoisotopic (exact) mass is 354 g/mol. The van der Waals surface area contributed by atoms with E-state index >= 15 is 0 Å². The van der Waals surface area contributed by atoms with Gasteiger partial charge < -0.3 is 15.0 Å². The number of nitrogens with zero attached hydrogens (tertiary/aromatic N) is 1. The summed E-state index contributed by atoms with van der Waals surface area (Å²) in [5.74, 6) is -1.36. The molecule has 0 aromatic heterocycles. The molecule has 136 valence electrons. The Bertz CT molecular complexity index is 774. The summed E-state index contributed by atoms with van der Waals surface area (Å²) in [5, 5.41) is 2.62. The van der Waals surface area contributed by atoms with Gasteiger partial charge in [-0.25, -0.2) is 0 Å². The smallest absolute Gasteiger partial charge is 0.315 e. The number of benzene rings is 2. The van der Waals surface area contributed by atoms with Gasteiger partial charge in [-0.2, -0.15) is 0 Å². The molecule has 0 heterocycles. The maximum atomic E-state index is 13.0. The van der Waals surface area contributed by atoms with E-state index in [1.165, 1.54) is 0 Å². The number of para-hydroxylation sites is 2. The van der Waals surface area contributed by atoms with Gasteiger partial charge in [0.1, 0.15) is 6.42 Å². The predicted octanol–water partition coefficient (Wildman–Crippen LogP) is 3.25. The van der Waals surface area contributed by atoms with E-state index in [4.69, 9.17) is 4.74 Å². The minimum atomic E-state index is -0.603. The second-order valence-electron chi connectivity index (χ2n) is 5.46. The fourth-order valence-corrected chi connectivity index (χ4v) is 2.51. The molecule has 2 aromatic rings. The number of amides is 2. The molecular weight excluding hydrogens is 332 g/mol. The first-order chi connectivity index (χ1) is 12.6. The Morgan fingerprint density at radius 3 is 2.27 bits per heavy atom. The zero-order valence-electron chi connectivity index (χ0n) is 14.9. The standard InChI is InChI=1S/C20H22N2O4/c1-3-22(15-10-6-5-7-11-15)20(25)16-12-8-9-13-17(16)21-18(23)14-19(24)26-4-2/h5-13H,3-4,14H2,1-2H3,(H,21,23). The van der Waals surface area contributed by atoms with Gasteiger partial charge in [0.25, 0.3) is 5.91 Å². The zero-order valence-corrected chi connectivity index (χ0v) is 14.9. The van der Waals surface area contributed by atoms with Crippen molar-refractivity contribution in [3.63, 3.8) is 0 Å². The van der Waals surface area contributed by atoms with Crippen LogP contribution in [-0.2, 0) is 14.3 Å². The van der Waals surface area contributed by atoms with Gasteiger partial charge >= 0.3 is 5.97 Å². The second kappa shape index (κ2) is 9.36. The number of hydrogen-bond acceptors (Lipinski definition) is 4. The topological polar surface area (TPSA) is 75.7 Å². The Labute approximate surface area is 152 Å². The molecule has 0 aliphatic carbocycles. The predicted molar refractivity (Wildman–Crippen MR) is 100 cm³/mol. The SMILES string of the molecule is CCOC(=O)CC(=O)Nc1ccccc1C(=O)N(CC)c1ccccc1. The average molecular weight is 354 g/mol. The van der Waals surface area contributed by atoms with Crippen LogP contribution in [0.1, 0.15) is 30.6 Å². The molecule has 6 heteroatoms.